The summed E-state index contributed by atoms with van der Waals surface area (Å²) in [4.78, 5) is 24.9. The molecule has 0 radical (unpaired) electrons. The highest BCUT2D eigenvalue weighted by Gasteiger charge is 2.20. The highest BCUT2D eigenvalue weighted by Crippen LogP contribution is 2.18. The SMILES string of the molecule is Cc1cn([C@H]2C=C[C@@H](CN)O2)c(=O)[nH]c1=O. The van der Waals surface area contributed by atoms with E-state index in [2.05, 4.69) is 4.98 Å². The van der Waals surface area contributed by atoms with Gasteiger partial charge in [0.15, 0.2) is 6.23 Å². The lowest BCUT2D eigenvalue weighted by molar-refractivity contribution is 0.0198. The van der Waals surface area contributed by atoms with Crippen LogP contribution in [0.1, 0.15) is 11.8 Å². The topological polar surface area (TPSA) is 90.1 Å². The molecule has 6 heteroatoms. The number of aromatic nitrogens is 2. The quantitative estimate of drug-likeness (QED) is 0.646. The zero-order valence-corrected chi connectivity index (χ0v) is 8.84. The second-order valence-corrected chi connectivity index (χ2v) is 3.66. The molecule has 1 aliphatic heterocycles. The smallest absolute Gasteiger partial charge is 0.330 e. The van der Waals surface area contributed by atoms with Gasteiger partial charge in [-0.3, -0.25) is 14.3 Å². The van der Waals surface area contributed by atoms with E-state index < -0.39 is 11.9 Å². The fourth-order valence-corrected chi connectivity index (χ4v) is 1.56. The molecule has 0 saturated carbocycles. The third-order valence-corrected chi connectivity index (χ3v) is 2.46. The number of hydrogen-bond acceptors (Lipinski definition) is 4. The molecule has 0 aliphatic carbocycles. The van der Waals surface area contributed by atoms with Gasteiger partial charge in [-0.1, -0.05) is 6.08 Å². The zero-order chi connectivity index (χ0) is 11.7. The van der Waals surface area contributed by atoms with Crippen LogP contribution in [0.5, 0.6) is 0 Å². The summed E-state index contributed by atoms with van der Waals surface area (Å²) in [6.07, 6.45) is 4.37. The van der Waals surface area contributed by atoms with Crippen LogP contribution in [0.15, 0.2) is 27.9 Å². The highest BCUT2D eigenvalue weighted by molar-refractivity contribution is 5.06. The van der Waals surface area contributed by atoms with Crippen LogP contribution in [0.2, 0.25) is 0 Å². The van der Waals surface area contributed by atoms with Gasteiger partial charge in [-0.2, -0.15) is 0 Å². The second kappa shape index (κ2) is 4.07. The number of nitrogens with two attached hydrogens (primary N) is 1. The van der Waals surface area contributed by atoms with Crippen molar-refractivity contribution >= 4 is 0 Å². The first-order valence-corrected chi connectivity index (χ1v) is 4.97. The maximum Gasteiger partial charge on any atom is 0.330 e. The molecule has 0 unspecified atom stereocenters. The van der Waals surface area contributed by atoms with Crippen LogP contribution in [0.25, 0.3) is 0 Å². The van der Waals surface area contributed by atoms with Crippen molar-refractivity contribution in [2.45, 2.75) is 19.3 Å². The number of rotatable bonds is 2. The molecule has 0 saturated heterocycles. The minimum atomic E-state index is -0.489. The monoisotopic (exact) mass is 223 g/mol. The van der Waals surface area contributed by atoms with E-state index in [-0.39, 0.29) is 11.7 Å². The Bertz CT molecular complexity index is 529. The summed E-state index contributed by atoms with van der Waals surface area (Å²) >= 11 is 0. The normalized spacial score (nSPS) is 23.9. The number of nitrogens with zero attached hydrogens (tertiary/aromatic N) is 1. The van der Waals surface area contributed by atoms with Gasteiger partial charge >= 0.3 is 5.69 Å². The molecule has 2 atom stereocenters. The zero-order valence-electron chi connectivity index (χ0n) is 8.84. The van der Waals surface area contributed by atoms with Gasteiger partial charge in [0.25, 0.3) is 5.56 Å². The molecule has 1 aromatic rings. The summed E-state index contributed by atoms with van der Waals surface area (Å²) in [5.74, 6) is 0. The van der Waals surface area contributed by atoms with Gasteiger partial charge in [-0.05, 0) is 13.0 Å². The molecule has 6 nitrogen and oxygen atoms in total. The van der Waals surface area contributed by atoms with E-state index in [0.29, 0.717) is 12.1 Å². The van der Waals surface area contributed by atoms with Crippen molar-refractivity contribution in [3.8, 4) is 0 Å². The van der Waals surface area contributed by atoms with Crippen LogP contribution in [-0.4, -0.2) is 22.2 Å². The van der Waals surface area contributed by atoms with Gasteiger partial charge in [0.1, 0.15) is 0 Å². The van der Waals surface area contributed by atoms with Gasteiger partial charge < -0.3 is 10.5 Å². The van der Waals surface area contributed by atoms with Crippen molar-refractivity contribution in [3.63, 3.8) is 0 Å². The van der Waals surface area contributed by atoms with Gasteiger partial charge in [0, 0.05) is 18.3 Å². The molecule has 1 aromatic heterocycles. The molecule has 0 spiro atoms. The molecule has 0 aromatic carbocycles. The Morgan fingerprint density at radius 1 is 1.50 bits per heavy atom. The van der Waals surface area contributed by atoms with Gasteiger partial charge in [0.2, 0.25) is 0 Å². The summed E-state index contributed by atoms with van der Waals surface area (Å²) in [5.41, 5.74) is 5.05. The second-order valence-electron chi connectivity index (χ2n) is 3.66. The number of aryl methyl sites for hydroxylation is 1. The minimum absolute atomic E-state index is 0.177. The lowest BCUT2D eigenvalue weighted by Crippen LogP contribution is -2.34. The predicted molar refractivity (Wildman–Crippen MR) is 58.2 cm³/mol. The van der Waals surface area contributed by atoms with Crippen molar-refractivity contribution in [1.82, 2.24) is 9.55 Å². The van der Waals surface area contributed by atoms with Crippen molar-refractivity contribution in [3.05, 3.63) is 44.8 Å². The minimum Gasteiger partial charge on any atom is -0.346 e. The van der Waals surface area contributed by atoms with Crippen LogP contribution in [0.4, 0.5) is 0 Å². The first-order valence-electron chi connectivity index (χ1n) is 4.97. The number of nitrogens with one attached hydrogen (secondary N) is 1. The van der Waals surface area contributed by atoms with Crippen molar-refractivity contribution in [2.24, 2.45) is 5.73 Å². The molecule has 0 amide bonds. The van der Waals surface area contributed by atoms with E-state index >= 15 is 0 Å². The largest absolute Gasteiger partial charge is 0.346 e. The Hall–Kier alpha value is -1.66. The summed E-state index contributed by atoms with van der Waals surface area (Å²) in [5, 5.41) is 0. The van der Waals surface area contributed by atoms with Crippen molar-refractivity contribution in [1.29, 1.82) is 0 Å². The Kier molecular flexibility index (Phi) is 2.76. The summed E-state index contributed by atoms with van der Waals surface area (Å²) < 4.78 is 6.81. The molecule has 0 bridgehead atoms. The maximum atomic E-state index is 11.5. The molecule has 2 rings (SSSR count). The fourth-order valence-electron chi connectivity index (χ4n) is 1.56. The average Bonchev–Trinajstić information content (AvgIpc) is 2.71. The summed E-state index contributed by atoms with van der Waals surface area (Å²) in [6.45, 7) is 2.00. The molecule has 0 fully saturated rings. The van der Waals surface area contributed by atoms with Crippen LogP contribution in [-0.2, 0) is 4.74 Å². The first-order chi connectivity index (χ1) is 7.61. The Morgan fingerprint density at radius 2 is 2.25 bits per heavy atom. The van der Waals surface area contributed by atoms with Gasteiger partial charge in [-0.25, -0.2) is 4.79 Å². The lowest BCUT2D eigenvalue weighted by Gasteiger charge is -2.15. The number of H-pyrrole nitrogens is 1. The molecular weight excluding hydrogens is 210 g/mol. The Morgan fingerprint density at radius 3 is 2.88 bits per heavy atom. The van der Waals surface area contributed by atoms with E-state index in [4.69, 9.17) is 10.5 Å². The number of ether oxygens (including phenoxy) is 1. The molecule has 86 valence electrons. The fraction of sp³-hybridized carbons (Fsp3) is 0.400. The predicted octanol–water partition coefficient (Wildman–Crippen LogP) is -0.743. The van der Waals surface area contributed by atoms with Crippen LogP contribution in [0, 0.1) is 6.92 Å². The molecule has 16 heavy (non-hydrogen) atoms. The third kappa shape index (κ3) is 1.84. The van der Waals surface area contributed by atoms with E-state index in [9.17, 15) is 9.59 Å². The van der Waals surface area contributed by atoms with Gasteiger partial charge in [0.05, 0.1) is 6.10 Å². The highest BCUT2D eigenvalue weighted by atomic mass is 16.5. The molecule has 3 N–H and O–H groups in total. The molecular formula is C10H13N3O3. The van der Waals surface area contributed by atoms with E-state index in [1.165, 1.54) is 10.8 Å². The van der Waals surface area contributed by atoms with Gasteiger partial charge in [-0.15, -0.1) is 0 Å². The summed E-state index contributed by atoms with van der Waals surface area (Å²) in [6, 6.07) is 0. The standard InChI is InChI=1S/C10H13N3O3/c1-6-5-13(10(15)12-9(6)14)8-3-2-7(4-11)16-8/h2-3,5,7-8H,4,11H2,1H3,(H,12,14,15)/t7-,8+/m0/s1. The maximum absolute atomic E-state index is 11.5. The third-order valence-electron chi connectivity index (χ3n) is 2.46. The average molecular weight is 223 g/mol. The molecule has 1 aliphatic rings. The van der Waals surface area contributed by atoms with E-state index in [1.54, 1.807) is 19.1 Å². The van der Waals surface area contributed by atoms with Crippen LogP contribution in [0.3, 0.4) is 0 Å². The van der Waals surface area contributed by atoms with Crippen LogP contribution < -0.4 is 17.0 Å². The Labute approximate surface area is 91.4 Å². The van der Waals surface area contributed by atoms with Crippen LogP contribution >= 0.6 is 0 Å². The van der Waals surface area contributed by atoms with E-state index in [0.717, 1.165) is 0 Å². The number of hydrogen-bond donors (Lipinski definition) is 2. The Balaban J connectivity index is 2.36. The number of aromatic amines is 1. The van der Waals surface area contributed by atoms with Crippen molar-refractivity contribution in [2.75, 3.05) is 6.54 Å². The lowest BCUT2D eigenvalue weighted by atomic mass is 10.3. The first kappa shape index (κ1) is 10.8. The van der Waals surface area contributed by atoms with Crippen molar-refractivity contribution < 1.29 is 4.74 Å². The summed E-state index contributed by atoms with van der Waals surface area (Å²) in [7, 11) is 0. The molecule has 2 heterocycles. The van der Waals surface area contributed by atoms with E-state index in [1.807, 2.05) is 0 Å².